The van der Waals surface area contributed by atoms with Gasteiger partial charge in [-0.15, -0.1) is 11.3 Å². The molecule has 128 valence electrons. The molecule has 0 aliphatic carbocycles. The molecule has 1 aromatic heterocycles. The second-order valence-corrected chi connectivity index (χ2v) is 6.13. The molecule has 1 aromatic carbocycles. The molecule has 1 unspecified atom stereocenters. The molecule has 1 amide bonds. The summed E-state index contributed by atoms with van der Waals surface area (Å²) in [5, 5.41) is 5.91. The van der Waals surface area contributed by atoms with Gasteiger partial charge in [0.25, 0.3) is 0 Å². The molecule has 0 aliphatic heterocycles. The van der Waals surface area contributed by atoms with E-state index in [9.17, 15) is 4.79 Å². The SMILES string of the molecule is CCC(NC(=O)/C=C/c1ccc(OC)c(OC)c1)c1nc(C)cs1. The van der Waals surface area contributed by atoms with E-state index in [2.05, 4.69) is 10.3 Å². The first-order chi connectivity index (χ1) is 11.6. The van der Waals surface area contributed by atoms with Crippen LogP contribution in [-0.4, -0.2) is 25.1 Å². The molecule has 0 saturated heterocycles. The molecule has 0 aliphatic rings. The number of hydrogen-bond acceptors (Lipinski definition) is 5. The summed E-state index contributed by atoms with van der Waals surface area (Å²) in [7, 11) is 3.17. The molecule has 1 atom stereocenters. The van der Waals surface area contributed by atoms with Crippen LogP contribution in [0.1, 0.15) is 35.7 Å². The molecular formula is C18H22N2O3S. The number of amides is 1. The third-order valence-electron chi connectivity index (χ3n) is 3.49. The average molecular weight is 346 g/mol. The highest BCUT2D eigenvalue weighted by Crippen LogP contribution is 2.28. The van der Waals surface area contributed by atoms with Crippen molar-refractivity contribution in [2.24, 2.45) is 0 Å². The van der Waals surface area contributed by atoms with Crippen molar-refractivity contribution in [1.29, 1.82) is 0 Å². The van der Waals surface area contributed by atoms with Crippen molar-refractivity contribution in [3.8, 4) is 11.5 Å². The molecular weight excluding hydrogens is 324 g/mol. The second-order valence-electron chi connectivity index (χ2n) is 5.24. The summed E-state index contributed by atoms with van der Waals surface area (Å²) in [5.74, 6) is 1.14. The lowest BCUT2D eigenvalue weighted by Crippen LogP contribution is -2.26. The molecule has 2 rings (SSSR count). The minimum absolute atomic E-state index is 0.0637. The summed E-state index contributed by atoms with van der Waals surface area (Å²) in [5.41, 5.74) is 1.84. The van der Waals surface area contributed by atoms with Crippen molar-refractivity contribution in [3.63, 3.8) is 0 Å². The van der Waals surface area contributed by atoms with Crippen molar-refractivity contribution in [1.82, 2.24) is 10.3 Å². The van der Waals surface area contributed by atoms with Gasteiger partial charge in [-0.2, -0.15) is 0 Å². The van der Waals surface area contributed by atoms with Gasteiger partial charge in [0.1, 0.15) is 5.01 Å². The largest absolute Gasteiger partial charge is 0.493 e. The van der Waals surface area contributed by atoms with E-state index < -0.39 is 0 Å². The Morgan fingerprint density at radius 1 is 1.33 bits per heavy atom. The Bertz CT molecular complexity index is 725. The number of carbonyl (C=O) groups excluding carboxylic acids is 1. The van der Waals surface area contributed by atoms with Crippen LogP contribution in [0.15, 0.2) is 29.7 Å². The van der Waals surface area contributed by atoms with Gasteiger partial charge >= 0.3 is 0 Å². The number of nitrogens with zero attached hydrogens (tertiary/aromatic N) is 1. The summed E-state index contributed by atoms with van der Waals surface area (Å²) < 4.78 is 10.5. The quantitative estimate of drug-likeness (QED) is 0.776. The number of aromatic nitrogens is 1. The van der Waals surface area contributed by atoms with Crippen LogP contribution in [-0.2, 0) is 4.79 Å². The van der Waals surface area contributed by atoms with Gasteiger partial charge in [-0.1, -0.05) is 13.0 Å². The summed E-state index contributed by atoms with van der Waals surface area (Å²) >= 11 is 1.57. The number of ether oxygens (including phenoxy) is 2. The Balaban J connectivity index is 2.04. The molecule has 0 saturated carbocycles. The Labute approximate surface area is 146 Å². The number of nitrogens with one attached hydrogen (secondary N) is 1. The highest BCUT2D eigenvalue weighted by molar-refractivity contribution is 7.09. The molecule has 5 nitrogen and oxygen atoms in total. The van der Waals surface area contributed by atoms with Crippen molar-refractivity contribution < 1.29 is 14.3 Å². The van der Waals surface area contributed by atoms with Gasteiger partial charge in [-0.3, -0.25) is 4.79 Å². The monoisotopic (exact) mass is 346 g/mol. The molecule has 0 fully saturated rings. The topological polar surface area (TPSA) is 60.5 Å². The highest BCUT2D eigenvalue weighted by Gasteiger charge is 2.14. The molecule has 0 bridgehead atoms. The number of benzene rings is 1. The van der Waals surface area contributed by atoms with Gasteiger partial charge in [-0.25, -0.2) is 4.98 Å². The van der Waals surface area contributed by atoms with E-state index >= 15 is 0 Å². The van der Waals surface area contributed by atoms with E-state index in [1.807, 2.05) is 37.4 Å². The lowest BCUT2D eigenvalue weighted by atomic mass is 10.2. The van der Waals surface area contributed by atoms with Crippen molar-refractivity contribution >= 4 is 23.3 Å². The number of thiazole rings is 1. The van der Waals surface area contributed by atoms with Gasteiger partial charge in [0, 0.05) is 17.2 Å². The maximum Gasteiger partial charge on any atom is 0.244 e. The predicted octanol–water partition coefficient (Wildman–Crippen LogP) is 3.75. The maximum atomic E-state index is 12.2. The van der Waals surface area contributed by atoms with E-state index in [1.54, 1.807) is 31.6 Å². The van der Waals surface area contributed by atoms with Crippen LogP contribution in [0, 0.1) is 6.92 Å². The maximum absolute atomic E-state index is 12.2. The zero-order chi connectivity index (χ0) is 17.5. The van der Waals surface area contributed by atoms with Crippen LogP contribution in [0.5, 0.6) is 11.5 Å². The number of methoxy groups -OCH3 is 2. The van der Waals surface area contributed by atoms with Crippen LogP contribution in [0.2, 0.25) is 0 Å². The fourth-order valence-corrected chi connectivity index (χ4v) is 3.15. The van der Waals surface area contributed by atoms with Crippen LogP contribution < -0.4 is 14.8 Å². The minimum atomic E-state index is -0.149. The molecule has 0 radical (unpaired) electrons. The second kappa shape index (κ2) is 8.49. The first-order valence-corrected chi connectivity index (χ1v) is 8.58. The van der Waals surface area contributed by atoms with Crippen LogP contribution in [0.4, 0.5) is 0 Å². The van der Waals surface area contributed by atoms with Crippen LogP contribution >= 0.6 is 11.3 Å². The minimum Gasteiger partial charge on any atom is -0.493 e. The molecule has 24 heavy (non-hydrogen) atoms. The number of rotatable bonds is 7. The fourth-order valence-electron chi connectivity index (χ4n) is 2.22. The number of aryl methyl sites for hydroxylation is 1. The van der Waals surface area contributed by atoms with Gasteiger partial charge in [0.05, 0.1) is 20.3 Å². The Kier molecular flexibility index (Phi) is 6.37. The fraction of sp³-hybridized carbons (Fsp3) is 0.333. The molecule has 1 heterocycles. The van der Waals surface area contributed by atoms with Crippen LogP contribution in [0.3, 0.4) is 0 Å². The third kappa shape index (κ3) is 4.58. The summed E-state index contributed by atoms with van der Waals surface area (Å²) in [6, 6.07) is 5.44. The smallest absolute Gasteiger partial charge is 0.244 e. The van der Waals surface area contributed by atoms with Crippen molar-refractivity contribution in [2.45, 2.75) is 26.3 Å². The summed E-state index contributed by atoms with van der Waals surface area (Å²) in [6.45, 7) is 3.98. The van der Waals surface area contributed by atoms with Crippen molar-refractivity contribution in [2.75, 3.05) is 14.2 Å². The van der Waals surface area contributed by atoms with E-state index in [0.717, 1.165) is 22.7 Å². The van der Waals surface area contributed by atoms with Crippen LogP contribution in [0.25, 0.3) is 6.08 Å². The van der Waals surface area contributed by atoms with Gasteiger partial charge < -0.3 is 14.8 Å². The molecule has 2 aromatic rings. The van der Waals surface area contributed by atoms with Gasteiger partial charge in [0.2, 0.25) is 5.91 Å². The lowest BCUT2D eigenvalue weighted by molar-refractivity contribution is -0.117. The van der Waals surface area contributed by atoms with Gasteiger partial charge in [-0.05, 0) is 37.1 Å². The lowest BCUT2D eigenvalue weighted by Gasteiger charge is -2.12. The van der Waals surface area contributed by atoms with Crippen molar-refractivity contribution in [3.05, 3.63) is 45.9 Å². The molecule has 0 spiro atoms. The summed E-state index contributed by atoms with van der Waals surface area (Å²) in [4.78, 5) is 16.6. The third-order valence-corrected chi connectivity index (χ3v) is 4.57. The predicted molar refractivity (Wildman–Crippen MR) is 96.6 cm³/mol. The summed E-state index contributed by atoms with van der Waals surface area (Å²) in [6.07, 6.45) is 4.06. The van der Waals surface area contributed by atoms with E-state index in [-0.39, 0.29) is 11.9 Å². The Morgan fingerprint density at radius 2 is 2.08 bits per heavy atom. The van der Waals surface area contributed by atoms with Gasteiger partial charge in [0.15, 0.2) is 11.5 Å². The van der Waals surface area contributed by atoms with E-state index in [1.165, 1.54) is 6.08 Å². The number of hydrogen-bond donors (Lipinski definition) is 1. The number of carbonyl (C=O) groups is 1. The van der Waals surface area contributed by atoms with E-state index in [4.69, 9.17) is 9.47 Å². The first kappa shape index (κ1) is 18.0. The standard InChI is InChI=1S/C18H22N2O3S/c1-5-14(18-19-12(2)11-24-18)20-17(21)9-7-13-6-8-15(22-3)16(10-13)23-4/h6-11,14H,5H2,1-4H3,(H,20,21)/b9-7+. The average Bonchev–Trinajstić information content (AvgIpc) is 3.03. The molecule has 6 heteroatoms. The zero-order valence-corrected chi connectivity index (χ0v) is 15.1. The van der Waals surface area contributed by atoms with E-state index in [0.29, 0.717) is 11.5 Å². The normalized spacial score (nSPS) is 12.2. The Hall–Kier alpha value is -2.34. The zero-order valence-electron chi connectivity index (χ0n) is 14.3. The highest BCUT2D eigenvalue weighted by atomic mass is 32.1. The first-order valence-electron chi connectivity index (χ1n) is 7.70. The molecule has 1 N–H and O–H groups in total. The Morgan fingerprint density at radius 3 is 2.67 bits per heavy atom.